The molecule has 0 N–H and O–H groups in total. The molecule has 0 spiro atoms. The van der Waals surface area contributed by atoms with Crippen LogP contribution in [-0.4, -0.2) is 30.5 Å². The molecule has 0 aromatic carbocycles. The van der Waals surface area contributed by atoms with Crippen molar-refractivity contribution in [3.63, 3.8) is 0 Å². The molecule has 0 aromatic heterocycles. The highest BCUT2D eigenvalue weighted by atomic mass is 79.9. The number of hydrogen-bond acceptors (Lipinski definition) is 4. The third-order valence-corrected chi connectivity index (χ3v) is 4.26. The van der Waals surface area contributed by atoms with Crippen LogP contribution in [0.3, 0.4) is 0 Å². The second-order valence-corrected chi connectivity index (χ2v) is 6.47. The molecule has 124 valence electrons. The molecule has 0 aromatic rings. The lowest BCUT2D eigenvalue weighted by Gasteiger charge is -2.09. The summed E-state index contributed by atoms with van der Waals surface area (Å²) < 4.78 is 9.50. The molecule has 0 aliphatic heterocycles. The molecule has 0 amide bonds. The Bertz CT molecular complexity index is 281. The Kier molecular flexibility index (Phi) is 14.0. The summed E-state index contributed by atoms with van der Waals surface area (Å²) in [4.78, 5) is 22.5. The zero-order valence-corrected chi connectivity index (χ0v) is 15.0. The van der Waals surface area contributed by atoms with Gasteiger partial charge in [0.25, 0.3) is 0 Å². The number of rotatable bonds is 13. The Morgan fingerprint density at radius 3 is 2.14 bits per heavy atom. The SMILES string of the molecule is CCOC(=O)CCC(Br)CCCCCCCCC(=O)OC. The van der Waals surface area contributed by atoms with Gasteiger partial charge in [0.2, 0.25) is 0 Å². The first-order valence-electron chi connectivity index (χ1n) is 7.96. The third kappa shape index (κ3) is 14.1. The maximum Gasteiger partial charge on any atom is 0.305 e. The summed E-state index contributed by atoms with van der Waals surface area (Å²) in [5.74, 6) is -0.216. The predicted molar refractivity (Wildman–Crippen MR) is 87.5 cm³/mol. The first kappa shape index (κ1) is 20.4. The lowest BCUT2D eigenvalue weighted by atomic mass is 10.1. The van der Waals surface area contributed by atoms with Crippen molar-refractivity contribution in [2.75, 3.05) is 13.7 Å². The maximum atomic E-state index is 11.2. The Labute approximate surface area is 137 Å². The summed E-state index contributed by atoms with van der Waals surface area (Å²) in [7, 11) is 1.43. The van der Waals surface area contributed by atoms with Gasteiger partial charge in [-0.25, -0.2) is 0 Å². The van der Waals surface area contributed by atoms with Crippen LogP contribution in [-0.2, 0) is 19.1 Å². The Morgan fingerprint density at radius 1 is 0.905 bits per heavy atom. The van der Waals surface area contributed by atoms with E-state index in [1.54, 1.807) is 0 Å². The summed E-state index contributed by atoms with van der Waals surface area (Å²) in [6, 6.07) is 0. The van der Waals surface area contributed by atoms with Crippen LogP contribution in [0.25, 0.3) is 0 Å². The second-order valence-electron chi connectivity index (χ2n) is 5.18. The monoisotopic (exact) mass is 364 g/mol. The van der Waals surface area contributed by atoms with Crippen LogP contribution >= 0.6 is 15.9 Å². The van der Waals surface area contributed by atoms with Crippen molar-refractivity contribution < 1.29 is 19.1 Å². The summed E-state index contributed by atoms with van der Waals surface area (Å²) in [6.07, 6.45) is 9.76. The first-order valence-corrected chi connectivity index (χ1v) is 8.88. The highest BCUT2D eigenvalue weighted by Crippen LogP contribution is 2.18. The second kappa shape index (κ2) is 14.4. The Hall–Kier alpha value is -0.580. The van der Waals surface area contributed by atoms with Crippen LogP contribution < -0.4 is 0 Å². The van der Waals surface area contributed by atoms with Crippen LogP contribution in [0.4, 0.5) is 0 Å². The third-order valence-electron chi connectivity index (χ3n) is 3.34. The number of carbonyl (C=O) groups excluding carboxylic acids is 2. The molecule has 0 rings (SSSR count). The molecule has 0 aliphatic rings. The molecule has 0 heterocycles. The fourth-order valence-electron chi connectivity index (χ4n) is 2.10. The smallest absolute Gasteiger partial charge is 0.305 e. The molecule has 1 unspecified atom stereocenters. The van der Waals surface area contributed by atoms with Gasteiger partial charge in [0.15, 0.2) is 0 Å². The summed E-state index contributed by atoms with van der Waals surface area (Å²) in [6.45, 7) is 2.29. The van der Waals surface area contributed by atoms with Gasteiger partial charge in [0.1, 0.15) is 0 Å². The van der Waals surface area contributed by atoms with Gasteiger partial charge in [0.05, 0.1) is 13.7 Å². The molecule has 1 atom stereocenters. The molecule has 0 bridgehead atoms. The Morgan fingerprint density at radius 2 is 1.52 bits per heavy atom. The maximum absolute atomic E-state index is 11.2. The number of carbonyl (C=O) groups is 2. The van der Waals surface area contributed by atoms with Crippen LogP contribution in [0.2, 0.25) is 0 Å². The molecular weight excluding hydrogens is 336 g/mol. The summed E-state index contributed by atoms with van der Waals surface area (Å²) >= 11 is 3.62. The van der Waals surface area contributed by atoms with Gasteiger partial charge in [-0.05, 0) is 26.2 Å². The van der Waals surface area contributed by atoms with E-state index in [9.17, 15) is 9.59 Å². The van der Waals surface area contributed by atoms with Gasteiger partial charge < -0.3 is 9.47 Å². The van der Waals surface area contributed by atoms with Gasteiger partial charge in [-0.15, -0.1) is 0 Å². The Balaban J connectivity index is 3.30. The van der Waals surface area contributed by atoms with Crippen molar-refractivity contribution >= 4 is 27.9 Å². The van der Waals surface area contributed by atoms with E-state index < -0.39 is 0 Å². The minimum atomic E-state index is -0.112. The fourth-order valence-corrected chi connectivity index (χ4v) is 2.65. The predicted octanol–water partition coefficient (Wildman–Crippen LogP) is 4.39. The van der Waals surface area contributed by atoms with Gasteiger partial charge >= 0.3 is 11.9 Å². The quantitative estimate of drug-likeness (QED) is 0.276. The van der Waals surface area contributed by atoms with Crippen molar-refractivity contribution in [3.8, 4) is 0 Å². The van der Waals surface area contributed by atoms with E-state index in [0.717, 1.165) is 25.7 Å². The molecule has 0 saturated heterocycles. The van der Waals surface area contributed by atoms with Crippen molar-refractivity contribution in [3.05, 3.63) is 0 Å². The molecule has 4 nitrogen and oxygen atoms in total. The average Bonchev–Trinajstić information content (AvgIpc) is 2.47. The molecule has 0 radical (unpaired) electrons. The number of alkyl halides is 1. The van der Waals surface area contributed by atoms with Crippen molar-refractivity contribution in [2.24, 2.45) is 0 Å². The first-order chi connectivity index (χ1) is 10.1. The summed E-state index contributed by atoms with van der Waals surface area (Å²) in [5, 5.41) is 0. The van der Waals surface area contributed by atoms with Crippen LogP contribution in [0.1, 0.15) is 71.1 Å². The number of halogens is 1. The van der Waals surface area contributed by atoms with Gasteiger partial charge in [0, 0.05) is 17.7 Å². The van der Waals surface area contributed by atoms with Crippen molar-refractivity contribution in [2.45, 2.75) is 76.0 Å². The summed E-state index contributed by atoms with van der Waals surface area (Å²) in [5.41, 5.74) is 0. The van der Waals surface area contributed by atoms with E-state index in [4.69, 9.17) is 4.74 Å². The molecular formula is C16H29BrO4. The number of ether oxygens (including phenoxy) is 2. The van der Waals surface area contributed by atoms with Crippen molar-refractivity contribution in [1.82, 2.24) is 0 Å². The largest absolute Gasteiger partial charge is 0.469 e. The highest BCUT2D eigenvalue weighted by molar-refractivity contribution is 9.09. The molecule has 0 aliphatic carbocycles. The zero-order chi connectivity index (χ0) is 15.9. The number of methoxy groups -OCH3 is 1. The standard InChI is InChI=1S/C16H29BrO4/c1-3-21-16(19)13-12-14(17)10-8-6-4-5-7-9-11-15(18)20-2/h14H,3-13H2,1-2H3. The molecule has 21 heavy (non-hydrogen) atoms. The molecule has 5 heteroatoms. The van der Waals surface area contributed by atoms with E-state index in [1.807, 2.05) is 6.92 Å². The number of hydrogen-bond donors (Lipinski definition) is 0. The van der Waals surface area contributed by atoms with Crippen LogP contribution in [0.15, 0.2) is 0 Å². The van der Waals surface area contributed by atoms with E-state index in [-0.39, 0.29) is 11.9 Å². The minimum Gasteiger partial charge on any atom is -0.469 e. The minimum absolute atomic E-state index is 0.104. The topological polar surface area (TPSA) is 52.6 Å². The van der Waals surface area contributed by atoms with Crippen LogP contribution in [0.5, 0.6) is 0 Å². The van der Waals surface area contributed by atoms with E-state index in [0.29, 0.717) is 24.3 Å². The highest BCUT2D eigenvalue weighted by Gasteiger charge is 2.08. The lowest BCUT2D eigenvalue weighted by molar-refractivity contribution is -0.143. The van der Waals surface area contributed by atoms with Gasteiger partial charge in [-0.1, -0.05) is 48.0 Å². The van der Waals surface area contributed by atoms with Gasteiger partial charge in [-0.3, -0.25) is 9.59 Å². The van der Waals surface area contributed by atoms with Gasteiger partial charge in [-0.2, -0.15) is 0 Å². The normalized spacial score (nSPS) is 12.0. The van der Waals surface area contributed by atoms with E-state index >= 15 is 0 Å². The number of unbranched alkanes of at least 4 members (excludes halogenated alkanes) is 5. The van der Waals surface area contributed by atoms with E-state index in [2.05, 4.69) is 20.7 Å². The lowest BCUT2D eigenvalue weighted by Crippen LogP contribution is -2.07. The van der Waals surface area contributed by atoms with E-state index in [1.165, 1.54) is 32.8 Å². The number of esters is 2. The average molecular weight is 365 g/mol. The molecule has 0 fully saturated rings. The fraction of sp³-hybridized carbons (Fsp3) is 0.875. The van der Waals surface area contributed by atoms with Crippen LogP contribution in [0, 0.1) is 0 Å². The molecule has 0 saturated carbocycles. The zero-order valence-electron chi connectivity index (χ0n) is 13.4. The van der Waals surface area contributed by atoms with Crippen molar-refractivity contribution in [1.29, 1.82) is 0 Å².